The van der Waals surface area contributed by atoms with Crippen LogP contribution < -0.4 is 5.32 Å². The number of anilines is 1. The molecule has 0 saturated carbocycles. The van der Waals surface area contributed by atoms with Crippen molar-refractivity contribution in [1.29, 1.82) is 0 Å². The van der Waals surface area contributed by atoms with Crippen LogP contribution in [0.2, 0.25) is 5.02 Å². The lowest BCUT2D eigenvalue weighted by molar-refractivity contribution is -0.115. The first kappa shape index (κ1) is 14.5. The predicted octanol–water partition coefficient (Wildman–Crippen LogP) is 4.28. The lowest BCUT2D eigenvalue weighted by atomic mass is 10.1. The first-order valence-corrected chi connectivity index (χ1v) is 6.64. The average molecular weight is 292 g/mol. The van der Waals surface area contributed by atoms with E-state index in [0.29, 0.717) is 10.6 Å². The molecule has 20 heavy (non-hydrogen) atoms. The number of hydrogen-bond acceptors (Lipinski definition) is 1. The van der Waals surface area contributed by atoms with E-state index < -0.39 is 5.82 Å². The number of halogens is 2. The van der Waals surface area contributed by atoms with Crippen LogP contribution >= 0.6 is 11.6 Å². The molecule has 1 N–H and O–H groups in total. The Labute approximate surface area is 122 Å². The van der Waals surface area contributed by atoms with Gasteiger partial charge in [0.25, 0.3) is 0 Å². The highest BCUT2D eigenvalue weighted by Crippen LogP contribution is 2.18. The van der Waals surface area contributed by atoms with Crippen LogP contribution in [0.25, 0.3) is 0 Å². The quantitative estimate of drug-likeness (QED) is 0.898. The third-order valence-corrected chi connectivity index (χ3v) is 3.27. The number of hydrogen-bond donors (Lipinski definition) is 1. The van der Waals surface area contributed by atoms with E-state index in [0.717, 1.165) is 16.8 Å². The Bertz CT molecular complexity index is 655. The second-order valence-electron chi connectivity index (χ2n) is 4.78. The maximum Gasteiger partial charge on any atom is 0.228 e. The number of amides is 1. The molecule has 0 aliphatic heterocycles. The largest absolute Gasteiger partial charge is 0.326 e. The van der Waals surface area contributed by atoms with Gasteiger partial charge in [-0.15, -0.1) is 0 Å². The van der Waals surface area contributed by atoms with E-state index in [-0.39, 0.29) is 12.3 Å². The fourth-order valence-electron chi connectivity index (χ4n) is 1.90. The highest BCUT2D eigenvalue weighted by Gasteiger charge is 2.10. The zero-order chi connectivity index (χ0) is 14.7. The van der Waals surface area contributed by atoms with Crippen LogP contribution in [0.4, 0.5) is 10.1 Å². The standard InChI is InChI=1S/C16H15ClFNO/c1-10-3-4-11(2)15(7-10)19-16(20)8-12-5-6-13(17)9-14(12)18/h3-7,9H,8H2,1-2H3,(H,19,20). The van der Waals surface area contributed by atoms with E-state index >= 15 is 0 Å². The van der Waals surface area contributed by atoms with Crippen molar-refractivity contribution >= 4 is 23.2 Å². The van der Waals surface area contributed by atoms with Crippen LogP contribution in [0.1, 0.15) is 16.7 Å². The summed E-state index contributed by atoms with van der Waals surface area (Å²) in [7, 11) is 0. The molecule has 2 nitrogen and oxygen atoms in total. The first-order valence-electron chi connectivity index (χ1n) is 6.27. The summed E-state index contributed by atoms with van der Waals surface area (Å²) in [5.74, 6) is -0.714. The van der Waals surface area contributed by atoms with Gasteiger partial charge in [0.05, 0.1) is 6.42 Å². The van der Waals surface area contributed by atoms with Gasteiger partial charge < -0.3 is 5.32 Å². The molecule has 2 aromatic carbocycles. The number of nitrogens with one attached hydrogen (secondary N) is 1. The van der Waals surface area contributed by atoms with Gasteiger partial charge in [0.2, 0.25) is 5.91 Å². The molecular formula is C16H15ClFNO. The summed E-state index contributed by atoms with van der Waals surface area (Å²) in [6.07, 6.45) is -0.0175. The molecule has 0 unspecified atom stereocenters. The van der Waals surface area contributed by atoms with Crippen LogP contribution in [-0.4, -0.2) is 5.91 Å². The van der Waals surface area contributed by atoms with Crippen molar-refractivity contribution in [1.82, 2.24) is 0 Å². The lowest BCUT2D eigenvalue weighted by Crippen LogP contribution is -2.16. The molecule has 0 aliphatic rings. The summed E-state index contributed by atoms with van der Waals surface area (Å²) in [4.78, 5) is 12.0. The topological polar surface area (TPSA) is 29.1 Å². The van der Waals surface area contributed by atoms with Crippen LogP contribution in [-0.2, 0) is 11.2 Å². The van der Waals surface area contributed by atoms with Gasteiger partial charge in [-0.3, -0.25) is 4.79 Å². The van der Waals surface area contributed by atoms with Crippen molar-refractivity contribution in [3.05, 3.63) is 63.9 Å². The number of aryl methyl sites for hydroxylation is 2. The van der Waals surface area contributed by atoms with Gasteiger partial charge in [0, 0.05) is 10.7 Å². The second kappa shape index (κ2) is 6.06. The van der Waals surface area contributed by atoms with Gasteiger partial charge in [-0.1, -0.05) is 29.8 Å². The summed E-state index contributed by atoms with van der Waals surface area (Å²) in [6, 6.07) is 10.1. The van der Waals surface area contributed by atoms with E-state index in [2.05, 4.69) is 5.32 Å². The minimum atomic E-state index is -0.464. The molecule has 104 valence electrons. The molecule has 2 aromatic rings. The van der Waals surface area contributed by atoms with Crippen molar-refractivity contribution in [2.24, 2.45) is 0 Å². The maximum absolute atomic E-state index is 13.6. The SMILES string of the molecule is Cc1ccc(C)c(NC(=O)Cc2ccc(Cl)cc2F)c1. The van der Waals surface area contributed by atoms with Crippen molar-refractivity contribution in [3.8, 4) is 0 Å². The first-order chi connectivity index (χ1) is 9.45. The fraction of sp³-hybridized carbons (Fsp3) is 0.188. The van der Waals surface area contributed by atoms with E-state index in [1.807, 2.05) is 32.0 Å². The Kier molecular flexibility index (Phi) is 4.40. The Morgan fingerprint density at radius 2 is 1.95 bits per heavy atom. The molecule has 0 saturated heterocycles. The smallest absolute Gasteiger partial charge is 0.228 e. The van der Waals surface area contributed by atoms with E-state index in [1.165, 1.54) is 12.1 Å². The molecule has 0 spiro atoms. The average Bonchev–Trinajstić information content (AvgIpc) is 2.37. The third-order valence-electron chi connectivity index (χ3n) is 3.03. The second-order valence-corrected chi connectivity index (χ2v) is 5.22. The Hall–Kier alpha value is -1.87. The molecule has 0 heterocycles. The minimum absolute atomic E-state index is 0.0175. The summed E-state index contributed by atoms with van der Waals surface area (Å²) in [5, 5.41) is 3.12. The molecule has 0 bridgehead atoms. The molecule has 0 aliphatic carbocycles. The molecule has 1 amide bonds. The summed E-state index contributed by atoms with van der Waals surface area (Å²) in [5.41, 5.74) is 3.12. The summed E-state index contributed by atoms with van der Waals surface area (Å²) < 4.78 is 13.6. The summed E-state index contributed by atoms with van der Waals surface area (Å²) in [6.45, 7) is 3.87. The van der Waals surface area contributed by atoms with Gasteiger partial charge in [0.15, 0.2) is 0 Å². The van der Waals surface area contributed by atoms with Crippen LogP contribution in [0.15, 0.2) is 36.4 Å². The molecular weight excluding hydrogens is 277 g/mol. The normalized spacial score (nSPS) is 10.4. The minimum Gasteiger partial charge on any atom is -0.326 e. The maximum atomic E-state index is 13.6. The van der Waals surface area contributed by atoms with E-state index in [9.17, 15) is 9.18 Å². The predicted molar refractivity (Wildman–Crippen MR) is 79.7 cm³/mol. The zero-order valence-electron chi connectivity index (χ0n) is 11.3. The third kappa shape index (κ3) is 3.58. The molecule has 0 fully saturated rings. The molecule has 2 rings (SSSR count). The van der Waals surface area contributed by atoms with Crippen LogP contribution in [0.3, 0.4) is 0 Å². The van der Waals surface area contributed by atoms with Gasteiger partial charge in [-0.2, -0.15) is 0 Å². The number of carbonyl (C=O) groups excluding carboxylic acids is 1. The molecule has 0 radical (unpaired) electrons. The van der Waals surface area contributed by atoms with E-state index in [1.54, 1.807) is 6.07 Å². The lowest BCUT2D eigenvalue weighted by Gasteiger charge is -2.10. The number of rotatable bonds is 3. The van der Waals surface area contributed by atoms with Gasteiger partial charge >= 0.3 is 0 Å². The van der Waals surface area contributed by atoms with Crippen LogP contribution in [0.5, 0.6) is 0 Å². The van der Waals surface area contributed by atoms with Crippen LogP contribution in [0, 0.1) is 19.7 Å². The Balaban J connectivity index is 2.11. The van der Waals surface area contributed by atoms with Gasteiger partial charge in [-0.05, 0) is 48.7 Å². The molecule has 4 heteroatoms. The highest BCUT2D eigenvalue weighted by molar-refractivity contribution is 6.30. The van der Waals surface area contributed by atoms with Crippen molar-refractivity contribution in [2.75, 3.05) is 5.32 Å². The Morgan fingerprint density at radius 1 is 1.20 bits per heavy atom. The van der Waals surface area contributed by atoms with Gasteiger partial charge in [-0.25, -0.2) is 4.39 Å². The molecule has 0 aromatic heterocycles. The fourth-order valence-corrected chi connectivity index (χ4v) is 2.06. The Morgan fingerprint density at radius 3 is 2.65 bits per heavy atom. The monoisotopic (exact) mass is 291 g/mol. The highest BCUT2D eigenvalue weighted by atomic mass is 35.5. The van der Waals surface area contributed by atoms with Crippen molar-refractivity contribution in [3.63, 3.8) is 0 Å². The van der Waals surface area contributed by atoms with Gasteiger partial charge in [0.1, 0.15) is 5.82 Å². The van der Waals surface area contributed by atoms with Crippen molar-refractivity contribution < 1.29 is 9.18 Å². The van der Waals surface area contributed by atoms with E-state index in [4.69, 9.17) is 11.6 Å². The zero-order valence-corrected chi connectivity index (χ0v) is 12.1. The summed E-state index contributed by atoms with van der Waals surface area (Å²) >= 11 is 5.68. The van der Waals surface area contributed by atoms with Crippen molar-refractivity contribution in [2.45, 2.75) is 20.3 Å². The molecule has 0 atom stereocenters. The number of benzene rings is 2. The number of carbonyl (C=O) groups is 1.